The highest BCUT2D eigenvalue weighted by molar-refractivity contribution is 5.93. The normalized spacial score (nSPS) is 16.9. The van der Waals surface area contributed by atoms with Crippen LogP contribution < -0.4 is 4.90 Å². The molecule has 1 aliphatic rings. The minimum Gasteiger partial charge on any atom is -0.478 e. The third kappa shape index (κ3) is 8.52. The zero-order valence-electron chi connectivity index (χ0n) is 23.3. The van der Waals surface area contributed by atoms with Gasteiger partial charge in [0.25, 0.3) is 0 Å². The topological polar surface area (TPSA) is 64.0 Å². The summed E-state index contributed by atoms with van der Waals surface area (Å²) in [5.41, 5.74) is 5.25. The van der Waals surface area contributed by atoms with Gasteiger partial charge in [0, 0.05) is 49.2 Å². The predicted molar refractivity (Wildman–Crippen MR) is 146 cm³/mol. The van der Waals surface area contributed by atoms with Crippen LogP contribution in [-0.2, 0) is 20.7 Å². The van der Waals surface area contributed by atoms with Crippen LogP contribution in [0.2, 0.25) is 0 Å². The number of pyridine rings is 1. The van der Waals surface area contributed by atoms with Gasteiger partial charge in [0.15, 0.2) is 0 Å². The Morgan fingerprint density at radius 1 is 1.20 bits per heavy atom. The largest absolute Gasteiger partial charge is 0.478 e. The molecule has 0 spiro atoms. The molecule has 1 aromatic rings. The van der Waals surface area contributed by atoms with Crippen LogP contribution in [0, 0.1) is 18.3 Å². The second kappa shape index (κ2) is 12.9. The number of allylic oxidation sites excluding steroid dienone is 3. The molecule has 194 valence electrons. The Labute approximate surface area is 212 Å². The van der Waals surface area contributed by atoms with E-state index >= 15 is 0 Å². The Hall–Kier alpha value is -2.63. The molecule has 6 nitrogen and oxygen atoms in total. The van der Waals surface area contributed by atoms with E-state index in [0.717, 1.165) is 54.0 Å². The van der Waals surface area contributed by atoms with Gasteiger partial charge in [0.05, 0.1) is 24.8 Å². The first-order chi connectivity index (χ1) is 16.5. The summed E-state index contributed by atoms with van der Waals surface area (Å²) in [4.78, 5) is 24.1. The van der Waals surface area contributed by atoms with Crippen molar-refractivity contribution in [3.8, 4) is 0 Å². The summed E-state index contributed by atoms with van der Waals surface area (Å²) in [5.74, 6) is 0.798. The summed E-state index contributed by atoms with van der Waals surface area (Å²) in [6, 6.07) is 0. The standard InChI is InChI=1S/C29H45N3O3/c1-10-23(11-12-26(30-9)34-19-20(2)3)25-18-31-22(6)24(17-27(33)35-21(4)5)28(25)32-15-13-29(7,8)14-16-32/h10-12,18,20-21H,13-17,19H2,1-9H3/b12-11-,23-10?,30-26+. The molecule has 1 aromatic heterocycles. The van der Waals surface area contributed by atoms with E-state index < -0.39 is 0 Å². The van der Waals surface area contributed by atoms with Gasteiger partial charge in [0.2, 0.25) is 5.90 Å². The van der Waals surface area contributed by atoms with Gasteiger partial charge in [-0.2, -0.15) is 0 Å². The molecule has 0 aliphatic carbocycles. The van der Waals surface area contributed by atoms with E-state index in [1.165, 1.54) is 0 Å². The minimum atomic E-state index is -0.222. The Kier molecular flexibility index (Phi) is 10.5. The van der Waals surface area contributed by atoms with E-state index in [4.69, 9.17) is 14.5 Å². The van der Waals surface area contributed by atoms with Gasteiger partial charge in [-0.1, -0.05) is 33.8 Å². The summed E-state index contributed by atoms with van der Waals surface area (Å²) in [5, 5.41) is 0. The molecular weight excluding hydrogens is 438 g/mol. The van der Waals surface area contributed by atoms with Crippen LogP contribution in [0.15, 0.2) is 29.4 Å². The van der Waals surface area contributed by atoms with Crippen molar-refractivity contribution < 1.29 is 14.3 Å². The molecule has 1 fully saturated rings. The van der Waals surface area contributed by atoms with E-state index in [0.29, 0.717) is 23.8 Å². The second-order valence-electron chi connectivity index (χ2n) is 10.8. The Balaban J connectivity index is 2.51. The first-order valence-electron chi connectivity index (χ1n) is 12.8. The predicted octanol–water partition coefficient (Wildman–Crippen LogP) is 6.17. The highest BCUT2D eigenvalue weighted by Gasteiger charge is 2.29. The van der Waals surface area contributed by atoms with E-state index in [9.17, 15) is 4.79 Å². The molecular formula is C29H45N3O3. The van der Waals surface area contributed by atoms with Crippen molar-refractivity contribution in [2.75, 3.05) is 31.6 Å². The average Bonchev–Trinajstić information content (AvgIpc) is 2.77. The van der Waals surface area contributed by atoms with Gasteiger partial charge < -0.3 is 14.4 Å². The summed E-state index contributed by atoms with van der Waals surface area (Å²) in [7, 11) is 1.74. The molecule has 0 atom stereocenters. The lowest BCUT2D eigenvalue weighted by molar-refractivity contribution is -0.146. The monoisotopic (exact) mass is 483 g/mol. The zero-order valence-corrected chi connectivity index (χ0v) is 23.3. The summed E-state index contributed by atoms with van der Waals surface area (Å²) < 4.78 is 11.3. The van der Waals surface area contributed by atoms with Crippen LogP contribution in [0.25, 0.3) is 5.57 Å². The van der Waals surface area contributed by atoms with Gasteiger partial charge >= 0.3 is 5.97 Å². The van der Waals surface area contributed by atoms with Crippen LogP contribution in [0.5, 0.6) is 0 Å². The van der Waals surface area contributed by atoms with Crippen molar-refractivity contribution >= 4 is 23.1 Å². The highest BCUT2D eigenvalue weighted by Crippen LogP contribution is 2.38. The minimum absolute atomic E-state index is 0.148. The van der Waals surface area contributed by atoms with Crippen LogP contribution >= 0.6 is 0 Å². The number of aromatic nitrogens is 1. The number of carbonyl (C=O) groups excluding carboxylic acids is 1. The van der Waals surface area contributed by atoms with Crippen LogP contribution in [0.3, 0.4) is 0 Å². The third-order valence-corrected chi connectivity index (χ3v) is 6.30. The number of rotatable bonds is 9. The number of hydrogen-bond donors (Lipinski definition) is 0. The van der Waals surface area contributed by atoms with Gasteiger partial charge in [-0.05, 0) is 63.5 Å². The second-order valence-corrected chi connectivity index (χ2v) is 10.8. The number of esters is 1. The molecule has 2 rings (SSSR count). The van der Waals surface area contributed by atoms with Crippen molar-refractivity contribution in [2.45, 2.75) is 80.8 Å². The zero-order chi connectivity index (χ0) is 26.2. The third-order valence-electron chi connectivity index (χ3n) is 6.30. The Morgan fingerprint density at radius 2 is 1.86 bits per heavy atom. The Bertz CT molecular complexity index is 948. The molecule has 0 N–H and O–H groups in total. The van der Waals surface area contributed by atoms with Crippen molar-refractivity contribution in [1.29, 1.82) is 0 Å². The molecule has 0 amide bonds. The fraction of sp³-hybridized carbons (Fsp3) is 0.621. The molecule has 6 heteroatoms. The number of carbonyl (C=O) groups is 1. The maximum Gasteiger partial charge on any atom is 0.310 e. The molecule has 0 saturated carbocycles. The lowest BCUT2D eigenvalue weighted by Gasteiger charge is -2.40. The molecule has 1 aliphatic heterocycles. The van der Waals surface area contributed by atoms with Gasteiger partial charge in [-0.3, -0.25) is 14.8 Å². The molecule has 0 aromatic carbocycles. The average molecular weight is 484 g/mol. The quantitative estimate of drug-likeness (QED) is 0.182. The number of ether oxygens (including phenoxy) is 2. The number of anilines is 1. The molecule has 0 unspecified atom stereocenters. The van der Waals surface area contributed by atoms with E-state index in [1.54, 1.807) is 7.05 Å². The maximum atomic E-state index is 12.7. The molecule has 1 saturated heterocycles. The van der Waals surface area contributed by atoms with Gasteiger partial charge in [0.1, 0.15) is 0 Å². The van der Waals surface area contributed by atoms with Crippen LogP contribution in [0.1, 0.15) is 78.1 Å². The fourth-order valence-electron chi connectivity index (χ4n) is 4.14. The molecule has 35 heavy (non-hydrogen) atoms. The smallest absolute Gasteiger partial charge is 0.310 e. The summed E-state index contributed by atoms with van der Waals surface area (Å²) >= 11 is 0. The SMILES string of the molecule is CC=C(/C=C\C(=N/C)OCC(C)C)c1cnc(C)c(CC(=O)OC(C)C)c1N1CCC(C)(C)CC1. The Morgan fingerprint density at radius 3 is 2.40 bits per heavy atom. The number of nitrogens with zero attached hydrogens (tertiary/aromatic N) is 3. The van der Waals surface area contributed by atoms with Gasteiger partial charge in [-0.25, -0.2) is 0 Å². The first-order valence-corrected chi connectivity index (χ1v) is 12.8. The number of piperidine rings is 1. The van der Waals surface area contributed by atoms with Crippen molar-refractivity contribution in [3.63, 3.8) is 0 Å². The molecule has 0 radical (unpaired) electrons. The summed E-state index contributed by atoms with van der Waals surface area (Å²) in [6.07, 6.45) is 10.2. The highest BCUT2D eigenvalue weighted by atomic mass is 16.5. The number of hydrogen-bond acceptors (Lipinski definition) is 6. The van der Waals surface area contributed by atoms with E-state index in [2.05, 4.69) is 43.7 Å². The lowest BCUT2D eigenvalue weighted by Crippen LogP contribution is -2.38. The van der Waals surface area contributed by atoms with Crippen LogP contribution in [0.4, 0.5) is 5.69 Å². The molecule has 0 bridgehead atoms. The number of aryl methyl sites for hydroxylation is 1. The first kappa shape index (κ1) is 28.6. The fourth-order valence-corrected chi connectivity index (χ4v) is 4.14. The number of aliphatic imine (C=N–C) groups is 1. The molecule has 2 heterocycles. The maximum absolute atomic E-state index is 12.7. The van der Waals surface area contributed by atoms with Crippen LogP contribution in [-0.4, -0.2) is 49.7 Å². The van der Waals surface area contributed by atoms with Gasteiger partial charge in [-0.15, -0.1) is 0 Å². The summed E-state index contributed by atoms with van der Waals surface area (Å²) in [6.45, 7) is 19.1. The van der Waals surface area contributed by atoms with E-state index in [1.807, 2.05) is 46.0 Å². The van der Waals surface area contributed by atoms with Crippen molar-refractivity contribution in [1.82, 2.24) is 4.98 Å². The van der Waals surface area contributed by atoms with Crippen molar-refractivity contribution in [2.24, 2.45) is 16.3 Å². The van der Waals surface area contributed by atoms with E-state index in [-0.39, 0.29) is 18.5 Å². The lowest BCUT2D eigenvalue weighted by atomic mass is 9.82. The van der Waals surface area contributed by atoms with Crippen molar-refractivity contribution in [3.05, 3.63) is 41.2 Å².